The van der Waals surface area contributed by atoms with E-state index in [1.54, 1.807) is 0 Å². The number of aryl methyl sites for hydroxylation is 1. The number of nitrogens with one attached hydrogen (secondary N) is 3. The zero-order chi connectivity index (χ0) is 19.0. The number of aromatic amines is 1. The summed E-state index contributed by atoms with van der Waals surface area (Å²) < 4.78 is 0. The Morgan fingerprint density at radius 1 is 1.07 bits per heavy atom. The highest BCUT2D eigenvalue weighted by Gasteiger charge is 2.29. The van der Waals surface area contributed by atoms with Crippen LogP contribution < -0.4 is 10.6 Å². The lowest BCUT2D eigenvalue weighted by Gasteiger charge is -2.14. The van der Waals surface area contributed by atoms with E-state index in [2.05, 4.69) is 15.6 Å². The zero-order valence-corrected chi connectivity index (χ0v) is 15.5. The van der Waals surface area contributed by atoms with Gasteiger partial charge in [-0.2, -0.15) is 0 Å². The number of amides is 2. The van der Waals surface area contributed by atoms with Crippen molar-refractivity contribution < 1.29 is 9.59 Å². The van der Waals surface area contributed by atoms with Crippen LogP contribution in [0.5, 0.6) is 0 Å². The summed E-state index contributed by atoms with van der Waals surface area (Å²) in [5.74, 6) is 0.142. The number of anilines is 1. The van der Waals surface area contributed by atoms with Crippen LogP contribution >= 0.6 is 0 Å². The SMILES string of the molecule is Cc1ccc2cc(C(=O)NC(C)c3ccc(NC(=O)C4CC4)cc3)[nH]c2c1. The summed E-state index contributed by atoms with van der Waals surface area (Å²) in [6.45, 7) is 3.97. The van der Waals surface area contributed by atoms with Gasteiger partial charge in [0.25, 0.3) is 5.91 Å². The van der Waals surface area contributed by atoms with E-state index in [-0.39, 0.29) is 23.8 Å². The smallest absolute Gasteiger partial charge is 0.268 e. The van der Waals surface area contributed by atoms with E-state index < -0.39 is 0 Å². The van der Waals surface area contributed by atoms with E-state index in [1.807, 2.05) is 62.4 Å². The van der Waals surface area contributed by atoms with Gasteiger partial charge in [0.15, 0.2) is 0 Å². The standard InChI is InChI=1S/C22H23N3O2/c1-13-3-4-17-12-20(25-19(17)11-13)22(27)23-14(2)15-7-9-18(10-8-15)24-21(26)16-5-6-16/h3-4,7-12,14,16,25H,5-6H2,1-2H3,(H,23,27)(H,24,26). The Hall–Kier alpha value is -3.08. The molecular weight excluding hydrogens is 338 g/mol. The predicted molar refractivity (Wildman–Crippen MR) is 107 cm³/mol. The first-order chi connectivity index (χ1) is 13.0. The third kappa shape index (κ3) is 3.87. The fourth-order valence-electron chi connectivity index (χ4n) is 3.17. The molecule has 1 saturated carbocycles. The van der Waals surface area contributed by atoms with Gasteiger partial charge in [-0.15, -0.1) is 0 Å². The summed E-state index contributed by atoms with van der Waals surface area (Å²) in [6, 6.07) is 15.4. The largest absolute Gasteiger partial charge is 0.351 e. The molecule has 5 nitrogen and oxygen atoms in total. The van der Waals surface area contributed by atoms with Crippen LogP contribution in [0.4, 0.5) is 5.69 Å². The van der Waals surface area contributed by atoms with Crippen LogP contribution in [0.2, 0.25) is 0 Å². The van der Waals surface area contributed by atoms with Crippen LogP contribution in [-0.2, 0) is 4.79 Å². The molecule has 1 aromatic heterocycles. The van der Waals surface area contributed by atoms with Crippen LogP contribution in [0.3, 0.4) is 0 Å². The van der Waals surface area contributed by atoms with E-state index in [1.165, 1.54) is 0 Å². The third-order valence-corrected chi connectivity index (χ3v) is 5.00. The maximum atomic E-state index is 12.6. The van der Waals surface area contributed by atoms with Crippen molar-refractivity contribution in [2.75, 3.05) is 5.32 Å². The molecule has 1 heterocycles. The van der Waals surface area contributed by atoms with Crippen molar-refractivity contribution in [2.45, 2.75) is 32.7 Å². The molecule has 1 unspecified atom stereocenters. The second-order valence-corrected chi connectivity index (χ2v) is 7.35. The van der Waals surface area contributed by atoms with Gasteiger partial charge in [0.2, 0.25) is 5.91 Å². The number of fused-ring (bicyclic) bond motifs is 1. The lowest BCUT2D eigenvalue weighted by Crippen LogP contribution is -2.26. The molecule has 1 fully saturated rings. The predicted octanol–water partition coefficient (Wildman–Crippen LogP) is 4.32. The van der Waals surface area contributed by atoms with Crippen LogP contribution in [0.1, 0.15) is 47.4 Å². The first kappa shape index (κ1) is 17.3. The van der Waals surface area contributed by atoms with Crippen LogP contribution in [0, 0.1) is 12.8 Å². The molecule has 2 amide bonds. The fraction of sp³-hybridized carbons (Fsp3) is 0.273. The quantitative estimate of drug-likeness (QED) is 0.633. The summed E-state index contributed by atoms with van der Waals surface area (Å²) in [5.41, 5.74) is 4.44. The molecule has 1 aliphatic rings. The number of aromatic nitrogens is 1. The average Bonchev–Trinajstić information content (AvgIpc) is 3.42. The van der Waals surface area contributed by atoms with Crippen LogP contribution in [0.15, 0.2) is 48.5 Å². The Bertz CT molecular complexity index is 1000. The highest BCUT2D eigenvalue weighted by atomic mass is 16.2. The topological polar surface area (TPSA) is 74.0 Å². The zero-order valence-electron chi connectivity index (χ0n) is 15.5. The molecule has 0 spiro atoms. The Morgan fingerprint density at radius 3 is 2.52 bits per heavy atom. The Balaban J connectivity index is 1.41. The van der Waals surface area contributed by atoms with Gasteiger partial charge in [0.1, 0.15) is 5.69 Å². The van der Waals surface area contributed by atoms with Gasteiger partial charge in [-0.3, -0.25) is 9.59 Å². The molecule has 1 aliphatic carbocycles. The number of rotatable bonds is 5. The van der Waals surface area contributed by atoms with Crippen molar-refractivity contribution in [3.05, 3.63) is 65.4 Å². The Morgan fingerprint density at radius 2 is 1.81 bits per heavy atom. The van der Waals surface area contributed by atoms with Gasteiger partial charge >= 0.3 is 0 Å². The molecule has 4 rings (SSSR count). The lowest BCUT2D eigenvalue weighted by molar-refractivity contribution is -0.117. The summed E-state index contributed by atoms with van der Waals surface area (Å²) in [5, 5.41) is 6.97. The Labute approximate surface area is 158 Å². The van der Waals surface area contributed by atoms with Crippen molar-refractivity contribution in [2.24, 2.45) is 5.92 Å². The fourth-order valence-corrected chi connectivity index (χ4v) is 3.17. The highest BCUT2D eigenvalue weighted by molar-refractivity contribution is 5.98. The summed E-state index contributed by atoms with van der Waals surface area (Å²) in [4.78, 5) is 27.6. The number of hydrogen-bond acceptors (Lipinski definition) is 2. The minimum absolute atomic E-state index is 0.0955. The van der Waals surface area contributed by atoms with Gasteiger partial charge in [-0.25, -0.2) is 0 Å². The Kier molecular flexibility index (Phi) is 4.44. The van der Waals surface area contributed by atoms with E-state index in [9.17, 15) is 9.59 Å². The van der Waals surface area contributed by atoms with Crippen LogP contribution in [-0.4, -0.2) is 16.8 Å². The van der Waals surface area contributed by atoms with Gasteiger partial charge in [-0.1, -0.05) is 24.3 Å². The molecule has 0 bridgehead atoms. The molecule has 27 heavy (non-hydrogen) atoms. The van der Waals surface area contributed by atoms with E-state index in [0.29, 0.717) is 5.69 Å². The third-order valence-electron chi connectivity index (χ3n) is 5.00. The molecule has 3 aromatic rings. The van der Waals surface area contributed by atoms with Gasteiger partial charge in [-0.05, 0) is 62.1 Å². The van der Waals surface area contributed by atoms with Crippen LogP contribution in [0.25, 0.3) is 10.9 Å². The van der Waals surface area contributed by atoms with Crippen molar-refractivity contribution in [1.82, 2.24) is 10.3 Å². The van der Waals surface area contributed by atoms with Gasteiger partial charge in [0.05, 0.1) is 6.04 Å². The van der Waals surface area contributed by atoms with Crippen molar-refractivity contribution in [3.63, 3.8) is 0 Å². The number of benzene rings is 2. The number of H-pyrrole nitrogens is 1. The van der Waals surface area contributed by atoms with Crippen molar-refractivity contribution in [3.8, 4) is 0 Å². The molecule has 0 aliphatic heterocycles. The molecule has 0 saturated heterocycles. The highest BCUT2D eigenvalue weighted by Crippen LogP contribution is 2.30. The number of carbonyl (C=O) groups excluding carboxylic acids is 2. The molecular formula is C22H23N3O2. The molecule has 5 heteroatoms. The van der Waals surface area contributed by atoms with Gasteiger partial charge in [0, 0.05) is 22.5 Å². The lowest BCUT2D eigenvalue weighted by atomic mass is 10.1. The van der Waals surface area contributed by atoms with E-state index >= 15 is 0 Å². The monoisotopic (exact) mass is 361 g/mol. The second kappa shape index (κ2) is 6.91. The normalized spacial score (nSPS) is 14.7. The maximum Gasteiger partial charge on any atom is 0.268 e. The van der Waals surface area contributed by atoms with Gasteiger partial charge < -0.3 is 15.6 Å². The van der Waals surface area contributed by atoms with E-state index in [0.717, 1.165) is 40.6 Å². The van der Waals surface area contributed by atoms with E-state index in [4.69, 9.17) is 0 Å². The number of carbonyl (C=O) groups is 2. The summed E-state index contributed by atoms with van der Waals surface area (Å²) in [7, 11) is 0. The average molecular weight is 361 g/mol. The minimum Gasteiger partial charge on any atom is -0.351 e. The molecule has 138 valence electrons. The molecule has 0 radical (unpaired) electrons. The number of hydrogen-bond donors (Lipinski definition) is 3. The maximum absolute atomic E-state index is 12.6. The first-order valence-electron chi connectivity index (χ1n) is 9.30. The molecule has 2 aromatic carbocycles. The minimum atomic E-state index is -0.140. The molecule has 1 atom stereocenters. The molecule has 3 N–H and O–H groups in total. The van der Waals surface area contributed by atoms with Crippen molar-refractivity contribution >= 4 is 28.4 Å². The first-order valence-corrected chi connectivity index (χ1v) is 9.30. The summed E-state index contributed by atoms with van der Waals surface area (Å²) >= 11 is 0. The second-order valence-electron chi connectivity index (χ2n) is 7.35. The van der Waals surface area contributed by atoms with Crippen molar-refractivity contribution in [1.29, 1.82) is 0 Å². The summed E-state index contributed by atoms with van der Waals surface area (Å²) in [6.07, 6.45) is 1.97.